The van der Waals surface area contributed by atoms with E-state index in [-0.39, 0.29) is 12.5 Å². The minimum absolute atomic E-state index is 0.0513. The first-order valence-electron chi connectivity index (χ1n) is 6.93. The number of carbonyl (C=O) groups is 1. The molecule has 0 bridgehead atoms. The van der Waals surface area contributed by atoms with Crippen molar-refractivity contribution in [3.05, 3.63) is 24.0 Å². The smallest absolute Gasteiger partial charge is 0.242 e. The fourth-order valence-electron chi connectivity index (χ4n) is 2.16. The third kappa shape index (κ3) is 3.29. The number of carbonyl (C=O) groups excluding carboxylic acids is 1. The van der Waals surface area contributed by atoms with Crippen LogP contribution < -0.4 is 4.74 Å². The average molecular weight is 310 g/mol. The normalized spacial score (nSPS) is 10.9. The molecule has 0 aliphatic carbocycles. The van der Waals surface area contributed by atoms with Gasteiger partial charge in [0, 0.05) is 32.0 Å². The summed E-state index contributed by atoms with van der Waals surface area (Å²) in [6.07, 6.45) is 0.627. The summed E-state index contributed by atoms with van der Waals surface area (Å²) in [5.41, 5.74) is 1.75. The van der Waals surface area contributed by atoms with Crippen LogP contribution in [-0.4, -0.2) is 46.9 Å². The van der Waals surface area contributed by atoms with E-state index in [4.69, 9.17) is 16.3 Å². The molecule has 2 aromatic rings. The molecule has 0 radical (unpaired) electrons. The Balaban J connectivity index is 2.46. The lowest BCUT2D eigenvalue weighted by atomic mass is 10.3. The highest BCUT2D eigenvalue weighted by molar-refractivity contribution is 6.17. The Bertz CT molecular complexity index is 639. The van der Waals surface area contributed by atoms with Crippen LogP contribution in [0.15, 0.2) is 18.2 Å². The van der Waals surface area contributed by atoms with Crippen LogP contribution >= 0.6 is 11.6 Å². The number of aryl methyl sites for hydroxylation is 1. The molecular formula is C15H20ClN3O2. The molecule has 1 amide bonds. The minimum Gasteiger partial charge on any atom is -0.497 e. The predicted molar refractivity (Wildman–Crippen MR) is 84.0 cm³/mol. The van der Waals surface area contributed by atoms with Gasteiger partial charge in [-0.25, -0.2) is 4.98 Å². The molecule has 0 saturated carbocycles. The van der Waals surface area contributed by atoms with Crippen LogP contribution in [0.25, 0.3) is 11.0 Å². The van der Waals surface area contributed by atoms with Crippen molar-refractivity contribution in [3.63, 3.8) is 0 Å². The van der Waals surface area contributed by atoms with E-state index >= 15 is 0 Å². The van der Waals surface area contributed by atoms with E-state index in [0.29, 0.717) is 18.8 Å². The van der Waals surface area contributed by atoms with E-state index in [1.165, 1.54) is 0 Å². The summed E-state index contributed by atoms with van der Waals surface area (Å²) < 4.78 is 7.18. The maximum absolute atomic E-state index is 12.2. The molecule has 0 aliphatic rings. The largest absolute Gasteiger partial charge is 0.497 e. The second-order valence-corrected chi connectivity index (χ2v) is 5.19. The van der Waals surface area contributed by atoms with Gasteiger partial charge in [-0.05, 0) is 19.1 Å². The van der Waals surface area contributed by atoms with Crippen LogP contribution in [-0.2, 0) is 17.8 Å². The third-order valence-electron chi connectivity index (χ3n) is 3.55. The van der Waals surface area contributed by atoms with E-state index in [0.717, 1.165) is 22.6 Å². The van der Waals surface area contributed by atoms with Gasteiger partial charge in [-0.2, -0.15) is 0 Å². The van der Waals surface area contributed by atoms with Gasteiger partial charge in [-0.1, -0.05) is 0 Å². The summed E-state index contributed by atoms with van der Waals surface area (Å²) in [6.45, 7) is 2.90. The molecular weight excluding hydrogens is 290 g/mol. The SMILES string of the molecule is CCN(C)C(=O)Cn1c(CCCl)nc2ccc(OC)cc21. The van der Waals surface area contributed by atoms with E-state index in [1.54, 1.807) is 19.1 Å². The molecule has 1 aromatic carbocycles. The number of amides is 1. The van der Waals surface area contributed by atoms with Crippen LogP contribution in [0.4, 0.5) is 0 Å². The molecule has 0 N–H and O–H groups in total. The molecule has 0 unspecified atom stereocenters. The first kappa shape index (κ1) is 15.6. The fraction of sp³-hybridized carbons (Fsp3) is 0.467. The molecule has 1 aromatic heterocycles. The van der Waals surface area contributed by atoms with Crippen LogP contribution in [0.2, 0.25) is 0 Å². The summed E-state index contributed by atoms with van der Waals surface area (Å²) in [4.78, 5) is 18.5. The van der Waals surface area contributed by atoms with Gasteiger partial charge in [-0.15, -0.1) is 11.6 Å². The zero-order valence-electron chi connectivity index (χ0n) is 12.6. The summed E-state index contributed by atoms with van der Waals surface area (Å²) in [5, 5.41) is 0. The number of methoxy groups -OCH3 is 1. The Hall–Kier alpha value is -1.75. The van der Waals surface area contributed by atoms with Crippen molar-refractivity contribution < 1.29 is 9.53 Å². The van der Waals surface area contributed by atoms with E-state index in [2.05, 4.69) is 4.98 Å². The van der Waals surface area contributed by atoms with Crippen LogP contribution in [0.3, 0.4) is 0 Å². The minimum atomic E-state index is 0.0513. The monoisotopic (exact) mass is 309 g/mol. The van der Waals surface area contributed by atoms with Gasteiger partial charge in [0.25, 0.3) is 0 Å². The van der Waals surface area contributed by atoms with Crippen molar-refractivity contribution in [2.75, 3.05) is 26.6 Å². The van der Waals surface area contributed by atoms with Gasteiger partial charge in [0.2, 0.25) is 5.91 Å². The summed E-state index contributed by atoms with van der Waals surface area (Å²) in [5.74, 6) is 2.09. The highest BCUT2D eigenvalue weighted by Crippen LogP contribution is 2.22. The van der Waals surface area contributed by atoms with E-state index in [1.807, 2.05) is 29.7 Å². The molecule has 0 saturated heterocycles. The number of rotatable bonds is 6. The number of hydrogen-bond donors (Lipinski definition) is 0. The lowest BCUT2D eigenvalue weighted by Crippen LogP contribution is -2.30. The quantitative estimate of drug-likeness (QED) is 0.769. The Morgan fingerprint density at radius 3 is 2.86 bits per heavy atom. The molecule has 6 heteroatoms. The predicted octanol–water partition coefficient (Wildman–Crippen LogP) is 2.30. The van der Waals surface area contributed by atoms with E-state index in [9.17, 15) is 4.79 Å². The van der Waals surface area contributed by atoms with Crippen molar-refractivity contribution in [2.24, 2.45) is 0 Å². The van der Waals surface area contributed by atoms with Crippen molar-refractivity contribution in [2.45, 2.75) is 19.9 Å². The molecule has 5 nitrogen and oxygen atoms in total. The highest BCUT2D eigenvalue weighted by atomic mass is 35.5. The van der Waals surface area contributed by atoms with Gasteiger partial charge in [-0.3, -0.25) is 4.79 Å². The van der Waals surface area contributed by atoms with Crippen LogP contribution in [0, 0.1) is 0 Å². The molecule has 1 heterocycles. The van der Waals surface area contributed by atoms with Gasteiger partial charge in [0.05, 0.1) is 18.1 Å². The van der Waals surface area contributed by atoms with Crippen molar-refractivity contribution in [3.8, 4) is 5.75 Å². The van der Waals surface area contributed by atoms with Crippen molar-refractivity contribution in [1.82, 2.24) is 14.5 Å². The number of ether oxygens (including phenoxy) is 1. The van der Waals surface area contributed by atoms with E-state index < -0.39 is 0 Å². The van der Waals surface area contributed by atoms with Crippen molar-refractivity contribution in [1.29, 1.82) is 0 Å². The molecule has 0 fully saturated rings. The Kier molecular flexibility index (Phi) is 5.07. The van der Waals surface area contributed by atoms with Crippen LogP contribution in [0.5, 0.6) is 5.75 Å². The third-order valence-corrected chi connectivity index (χ3v) is 3.74. The number of aromatic nitrogens is 2. The summed E-state index contributed by atoms with van der Waals surface area (Å²) in [7, 11) is 3.42. The lowest BCUT2D eigenvalue weighted by Gasteiger charge is -2.16. The Morgan fingerprint density at radius 1 is 1.48 bits per heavy atom. The number of likely N-dealkylation sites (N-methyl/N-ethyl adjacent to an activating group) is 1. The zero-order valence-corrected chi connectivity index (χ0v) is 13.4. The number of fused-ring (bicyclic) bond motifs is 1. The molecule has 114 valence electrons. The second kappa shape index (κ2) is 6.80. The number of nitrogens with zero attached hydrogens (tertiary/aromatic N) is 3. The summed E-state index contributed by atoms with van der Waals surface area (Å²) >= 11 is 5.85. The second-order valence-electron chi connectivity index (χ2n) is 4.82. The summed E-state index contributed by atoms with van der Waals surface area (Å²) in [6, 6.07) is 5.67. The number of hydrogen-bond acceptors (Lipinski definition) is 3. The average Bonchev–Trinajstić information content (AvgIpc) is 2.83. The topological polar surface area (TPSA) is 47.4 Å². The van der Waals surface area contributed by atoms with Gasteiger partial charge < -0.3 is 14.2 Å². The van der Waals surface area contributed by atoms with Gasteiger partial charge >= 0.3 is 0 Å². The maximum Gasteiger partial charge on any atom is 0.242 e. The zero-order chi connectivity index (χ0) is 15.4. The molecule has 21 heavy (non-hydrogen) atoms. The van der Waals surface area contributed by atoms with Crippen molar-refractivity contribution >= 4 is 28.5 Å². The number of alkyl halides is 1. The first-order chi connectivity index (χ1) is 10.1. The number of imidazole rings is 1. The number of benzene rings is 1. The molecule has 0 spiro atoms. The molecule has 2 rings (SSSR count). The number of halogens is 1. The van der Waals surface area contributed by atoms with Gasteiger partial charge in [0.15, 0.2) is 0 Å². The molecule has 0 aliphatic heterocycles. The van der Waals surface area contributed by atoms with Gasteiger partial charge in [0.1, 0.15) is 18.1 Å². The van der Waals surface area contributed by atoms with Crippen LogP contribution in [0.1, 0.15) is 12.7 Å². The fourth-order valence-corrected chi connectivity index (χ4v) is 2.33. The molecule has 0 atom stereocenters. The Morgan fingerprint density at radius 2 is 2.24 bits per heavy atom. The highest BCUT2D eigenvalue weighted by Gasteiger charge is 2.15. The maximum atomic E-state index is 12.2. The first-order valence-corrected chi connectivity index (χ1v) is 7.47. The Labute approximate surface area is 129 Å². The lowest BCUT2D eigenvalue weighted by molar-refractivity contribution is -0.130. The standard InChI is InChI=1S/C15H20ClN3O2/c1-4-18(2)15(20)10-19-13-9-11(21-3)5-6-12(13)17-14(19)7-8-16/h5-6,9H,4,7-8,10H2,1-3H3.